The van der Waals surface area contributed by atoms with Crippen molar-refractivity contribution in [2.24, 2.45) is 17.4 Å². The number of aliphatic hydroxyl groups is 1. The van der Waals surface area contributed by atoms with Crippen LogP contribution in [0.3, 0.4) is 0 Å². The summed E-state index contributed by atoms with van der Waals surface area (Å²) in [7, 11) is 0. The second-order valence-corrected chi connectivity index (χ2v) is 8.85. The van der Waals surface area contributed by atoms with Crippen LogP contribution in [0.25, 0.3) is 10.9 Å². The number of aliphatic hydroxyl groups excluding tert-OH is 1. The second kappa shape index (κ2) is 13.4. The maximum Gasteiger partial charge on any atom is 0.326 e. The monoisotopic (exact) mass is 518 g/mol. The van der Waals surface area contributed by atoms with Crippen molar-refractivity contribution in [3.05, 3.63) is 36.0 Å². The first-order valence-electron chi connectivity index (χ1n) is 11.8. The zero-order valence-corrected chi connectivity index (χ0v) is 20.7. The average Bonchev–Trinajstić information content (AvgIpc) is 3.27. The number of primary amides is 1. The molecule has 5 unspecified atom stereocenters. The van der Waals surface area contributed by atoms with Crippen molar-refractivity contribution >= 4 is 40.5 Å². The molecule has 0 fully saturated rings. The fraction of sp³-hybridized carbons (Fsp3) is 0.458. The van der Waals surface area contributed by atoms with Crippen molar-refractivity contribution in [1.82, 2.24) is 20.9 Å². The molecule has 2 rings (SSSR count). The predicted molar refractivity (Wildman–Crippen MR) is 134 cm³/mol. The van der Waals surface area contributed by atoms with Gasteiger partial charge in [0, 0.05) is 23.5 Å². The molecule has 10 N–H and O–H groups in total. The molecule has 0 radical (unpaired) electrons. The van der Waals surface area contributed by atoms with Crippen LogP contribution in [0.2, 0.25) is 0 Å². The molecule has 0 aliphatic carbocycles. The molecule has 13 heteroatoms. The van der Waals surface area contributed by atoms with Crippen LogP contribution >= 0.6 is 0 Å². The number of rotatable bonds is 14. The van der Waals surface area contributed by atoms with Crippen LogP contribution in [0.4, 0.5) is 0 Å². The molecule has 2 aromatic rings. The van der Waals surface area contributed by atoms with Crippen molar-refractivity contribution in [2.45, 2.75) is 57.3 Å². The number of hydrogen-bond acceptors (Lipinski definition) is 7. The fourth-order valence-corrected chi connectivity index (χ4v) is 3.65. The van der Waals surface area contributed by atoms with Gasteiger partial charge >= 0.3 is 5.97 Å². The number of fused-ring (bicyclic) bond motifs is 1. The largest absolute Gasteiger partial charge is 0.480 e. The van der Waals surface area contributed by atoms with Gasteiger partial charge in [0.2, 0.25) is 23.6 Å². The molecule has 37 heavy (non-hydrogen) atoms. The quantitative estimate of drug-likeness (QED) is 0.146. The Morgan fingerprint density at radius 2 is 1.57 bits per heavy atom. The van der Waals surface area contributed by atoms with Crippen LogP contribution in [0.15, 0.2) is 30.5 Å². The molecule has 5 atom stereocenters. The van der Waals surface area contributed by atoms with Crippen molar-refractivity contribution in [2.75, 3.05) is 6.61 Å². The highest BCUT2D eigenvalue weighted by atomic mass is 16.4. The molecule has 0 aliphatic heterocycles. The number of aliphatic carboxylic acids is 1. The number of nitrogens with one attached hydrogen (secondary N) is 4. The Morgan fingerprint density at radius 3 is 2.16 bits per heavy atom. The number of hydrogen-bond donors (Lipinski definition) is 8. The minimum Gasteiger partial charge on any atom is -0.480 e. The highest BCUT2D eigenvalue weighted by molar-refractivity contribution is 5.96. The standard InChI is InChI=1S/C24H34N6O7/c1-3-12(2)20(26)23(35)28-16(9-19(25)32)21(33)30-18(11-31)22(34)29-17(24(36)37)8-13-10-27-15-7-5-4-6-14(13)15/h4-7,10,12,16-18,20,27,31H,3,8-9,11,26H2,1-2H3,(H2,25,32)(H,28,35)(H,29,34)(H,30,33)(H,36,37). The number of H-pyrrole nitrogens is 1. The Balaban J connectivity index is 2.11. The molecule has 4 amide bonds. The van der Waals surface area contributed by atoms with E-state index >= 15 is 0 Å². The summed E-state index contributed by atoms with van der Waals surface area (Å²) >= 11 is 0. The van der Waals surface area contributed by atoms with Crippen LogP contribution in [-0.4, -0.2) is 75.6 Å². The van der Waals surface area contributed by atoms with E-state index in [-0.39, 0.29) is 12.3 Å². The molecule has 0 spiro atoms. The Labute approximate surface area is 213 Å². The molecule has 0 saturated carbocycles. The van der Waals surface area contributed by atoms with Gasteiger partial charge in [-0.25, -0.2) is 4.79 Å². The van der Waals surface area contributed by atoms with E-state index in [1.165, 1.54) is 0 Å². The van der Waals surface area contributed by atoms with E-state index in [2.05, 4.69) is 20.9 Å². The molecule has 1 aromatic heterocycles. The van der Waals surface area contributed by atoms with E-state index in [1.807, 2.05) is 19.1 Å². The summed E-state index contributed by atoms with van der Waals surface area (Å²) < 4.78 is 0. The topological polar surface area (TPSA) is 230 Å². The Kier molecular flexibility index (Phi) is 10.6. The lowest BCUT2D eigenvalue weighted by Crippen LogP contribution is -2.59. The SMILES string of the molecule is CCC(C)C(N)C(=O)NC(CC(N)=O)C(=O)NC(CO)C(=O)NC(Cc1c[nH]c2ccccc12)C(=O)O. The number of carboxylic acid groups (broad SMARTS) is 1. The van der Waals surface area contributed by atoms with E-state index in [4.69, 9.17) is 11.5 Å². The first-order chi connectivity index (χ1) is 17.5. The third-order valence-corrected chi connectivity index (χ3v) is 6.13. The fourth-order valence-electron chi connectivity index (χ4n) is 3.65. The van der Waals surface area contributed by atoms with Gasteiger partial charge < -0.3 is 42.6 Å². The third kappa shape index (κ3) is 8.02. The van der Waals surface area contributed by atoms with Gasteiger partial charge in [0.05, 0.1) is 19.1 Å². The summed E-state index contributed by atoms with van der Waals surface area (Å²) in [5.41, 5.74) is 12.5. The number of carboxylic acids is 1. The molecule has 1 aromatic carbocycles. The van der Waals surface area contributed by atoms with Crippen molar-refractivity contribution in [3.8, 4) is 0 Å². The molecular formula is C24H34N6O7. The number of carbonyl (C=O) groups excluding carboxylic acids is 4. The molecule has 1 heterocycles. The molecule has 0 bridgehead atoms. The number of carbonyl (C=O) groups is 5. The maximum absolute atomic E-state index is 12.8. The maximum atomic E-state index is 12.8. The summed E-state index contributed by atoms with van der Waals surface area (Å²) in [5, 5.41) is 27.0. The van der Waals surface area contributed by atoms with Crippen molar-refractivity contribution in [3.63, 3.8) is 0 Å². The van der Waals surface area contributed by atoms with E-state index in [9.17, 15) is 34.2 Å². The van der Waals surface area contributed by atoms with E-state index in [0.29, 0.717) is 12.0 Å². The van der Waals surface area contributed by atoms with Gasteiger partial charge in [0.1, 0.15) is 18.1 Å². The summed E-state index contributed by atoms with van der Waals surface area (Å²) in [6, 6.07) is 1.90. The smallest absolute Gasteiger partial charge is 0.326 e. The second-order valence-electron chi connectivity index (χ2n) is 8.85. The summed E-state index contributed by atoms with van der Waals surface area (Å²) in [4.78, 5) is 64.3. The minimum atomic E-state index is -1.56. The lowest BCUT2D eigenvalue weighted by molar-refractivity contribution is -0.142. The minimum absolute atomic E-state index is 0.0644. The van der Waals surface area contributed by atoms with Crippen LogP contribution in [0, 0.1) is 5.92 Å². The summed E-state index contributed by atoms with van der Waals surface area (Å²) in [6.45, 7) is 2.70. The predicted octanol–water partition coefficient (Wildman–Crippen LogP) is -1.51. The average molecular weight is 519 g/mol. The van der Waals surface area contributed by atoms with Gasteiger partial charge in [-0.3, -0.25) is 19.2 Å². The van der Waals surface area contributed by atoms with Gasteiger partial charge in [0.25, 0.3) is 0 Å². The number of para-hydroxylation sites is 1. The molecule has 13 nitrogen and oxygen atoms in total. The van der Waals surface area contributed by atoms with Gasteiger partial charge in [0.15, 0.2) is 0 Å². The van der Waals surface area contributed by atoms with E-state index < -0.39 is 66.8 Å². The van der Waals surface area contributed by atoms with Gasteiger partial charge in [-0.05, 0) is 17.5 Å². The number of amides is 4. The number of aromatic amines is 1. The van der Waals surface area contributed by atoms with Gasteiger partial charge in [-0.2, -0.15) is 0 Å². The van der Waals surface area contributed by atoms with Gasteiger partial charge in [-0.15, -0.1) is 0 Å². The summed E-state index contributed by atoms with van der Waals surface area (Å²) in [5.74, 6) is -5.06. The molecule has 202 valence electrons. The lowest BCUT2D eigenvalue weighted by Gasteiger charge is -2.25. The first-order valence-corrected chi connectivity index (χ1v) is 11.8. The van der Waals surface area contributed by atoms with Crippen LogP contribution < -0.4 is 27.4 Å². The van der Waals surface area contributed by atoms with Crippen LogP contribution in [0.5, 0.6) is 0 Å². The number of aromatic nitrogens is 1. The normalized spacial score (nSPS) is 15.1. The zero-order valence-electron chi connectivity index (χ0n) is 20.7. The Morgan fingerprint density at radius 1 is 0.973 bits per heavy atom. The lowest BCUT2D eigenvalue weighted by atomic mass is 9.99. The molecular weight excluding hydrogens is 484 g/mol. The van der Waals surface area contributed by atoms with Gasteiger partial charge in [-0.1, -0.05) is 38.5 Å². The van der Waals surface area contributed by atoms with Crippen molar-refractivity contribution in [1.29, 1.82) is 0 Å². The zero-order chi connectivity index (χ0) is 27.7. The van der Waals surface area contributed by atoms with Crippen LogP contribution in [0.1, 0.15) is 32.3 Å². The van der Waals surface area contributed by atoms with E-state index in [1.54, 1.807) is 25.3 Å². The Bertz CT molecular complexity index is 1130. The molecule has 0 saturated heterocycles. The third-order valence-electron chi connectivity index (χ3n) is 6.13. The highest BCUT2D eigenvalue weighted by Crippen LogP contribution is 2.19. The number of benzene rings is 1. The first kappa shape index (κ1) is 29.3. The highest BCUT2D eigenvalue weighted by Gasteiger charge is 2.31. The number of nitrogens with two attached hydrogens (primary N) is 2. The summed E-state index contributed by atoms with van der Waals surface area (Å²) in [6.07, 6.45) is 1.59. The van der Waals surface area contributed by atoms with E-state index in [0.717, 1.165) is 10.9 Å². The van der Waals surface area contributed by atoms with Crippen molar-refractivity contribution < 1.29 is 34.2 Å². The molecule has 0 aliphatic rings. The van der Waals surface area contributed by atoms with Crippen LogP contribution in [-0.2, 0) is 30.4 Å². The Hall–Kier alpha value is -3.97.